The first-order valence-corrected chi connectivity index (χ1v) is 9.71. The molecule has 8 nitrogen and oxygen atoms in total. The molecule has 0 saturated heterocycles. The van der Waals surface area contributed by atoms with Crippen LogP contribution in [-0.4, -0.2) is 26.3 Å². The minimum absolute atomic E-state index is 0.0515. The van der Waals surface area contributed by atoms with Crippen molar-refractivity contribution >= 4 is 22.7 Å². The lowest BCUT2D eigenvalue weighted by atomic mass is 9.89. The van der Waals surface area contributed by atoms with Crippen LogP contribution in [0.2, 0.25) is 0 Å². The maximum absolute atomic E-state index is 13.0. The molecular formula is C22H26N4O4. The van der Waals surface area contributed by atoms with Gasteiger partial charge < -0.3 is 15.0 Å². The van der Waals surface area contributed by atoms with Crippen molar-refractivity contribution < 1.29 is 9.53 Å². The Morgan fingerprint density at radius 2 is 1.93 bits per heavy atom. The number of rotatable bonds is 7. The summed E-state index contributed by atoms with van der Waals surface area (Å²) < 4.78 is 9.22. The Bertz CT molecular complexity index is 1230. The second-order valence-electron chi connectivity index (χ2n) is 7.12. The number of nitrogens with two attached hydrogens (primary N) is 1. The van der Waals surface area contributed by atoms with E-state index in [0.29, 0.717) is 18.6 Å². The number of hydrogen-bond donors (Lipinski definition) is 1. The first-order valence-electron chi connectivity index (χ1n) is 9.71. The van der Waals surface area contributed by atoms with Gasteiger partial charge in [0, 0.05) is 37.1 Å². The molecule has 0 amide bonds. The Morgan fingerprint density at radius 3 is 2.60 bits per heavy atom. The highest BCUT2D eigenvalue weighted by Gasteiger charge is 2.26. The van der Waals surface area contributed by atoms with E-state index in [-0.39, 0.29) is 18.3 Å². The lowest BCUT2D eigenvalue weighted by molar-refractivity contribution is -0.143. The van der Waals surface area contributed by atoms with Gasteiger partial charge >= 0.3 is 11.7 Å². The van der Waals surface area contributed by atoms with Gasteiger partial charge in [0.25, 0.3) is 5.56 Å². The van der Waals surface area contributed by atoms with Crippen LogP contribution in [0.3, 0.4) is 0 Å². The number of para-hydroxylation sites is 1. The molecule has 0 aliphatic carbocycles. The molecule has 1 atom stereocenters. The highest BCUT2D eigenvalue weighted by molar-refractivity contribution is 5.86. The van der Waals surface area contributed by atoms with E-state index in [9.17, 15) is 14.4 Å². The fraction of sp³-hybridized carbons (Fsp3) is 0.318. The molecule has 3 aromatic rings. The zero-order valence-corrected chi connectivity index (χ0v) is 17.4. The van der Waals surface area contributed by atoms with Crippen LogP contribution in [0.1, 0.15) is 30.4 Å². The molecular weight excluding hydrogens is 384 g/mol. The molecule has 2 heterocycles. The number of nitrogens with zero attached hydrogens (tertiary/aromatic N) is 3. The minimum atomic E-state index is -0.483. The van der Waals surface area contributed by atoms with Crippen molar-refractivity contribution in [3.8, 4) is 0 Å². The standard InChI is InChI=1S/C22H26N4O4/c1-5-9-15(19-20(23)24(3)22(29)25(4)21(19)28)16-12-26(13-18(27)30-6-2)17-11-8-7-10-14(16)17/h5,7-8,10-12,15H,1,6,9,13,23H2,2-4H3. The van der Waals surface area contributed by atoms with Crippen molar-refractivity contribution in [2.24, 2.45) is 14.1 Å². The van der Waals surface area contributed by atoms with E-state index >= 15 is 0 Å². The van der Waals surface area contributed by atoms with Gasteiger partial charge in [-0.2, -0.15) is 0 Å². The van der Waals surface area contributed by atoms with Gasteiger partial charge in [0.2, 0.25) is 0 Å². The zero-order chi connectivity index (χ0) is 22.0. The normalized spacial score (nSPS) is 12.1. The molecule has 2 N–H and O–H groups in total. The smallest absolute Gasteiger partial charge is 0.332 e. The third kappa shape index (κ3) is 3.56. The van der Waals surface area contributed by atoms with E-state index in [4.69, 9.17) is 10.5 Å². The number of anilines is 1. The zero-order valence-electron chi connectivity index (χ0n) is 17.4. The Labute approximate surface area is 173 Å². The molecule has 0 aliphatic rings. The van der Waals surface area contributed by atoms with E-state index < -0.39 is 17.2 Å². The monoisotopic (exact) mass is 410 g/mol. The third-order valence-corrected chi connectivity index (χ3v) is 5.30. The van der Waals surface area contributed by atoms with Crippen LogP contribution in [0.25, 0.3) is 10.9 Å². The fourth-order valence-corrected chi connectivity index (χ4v) is 3.81. The van der Waals surface area contributed by atoms with Crippen LogP contribution < -0.4 is 17.0 Å². The summed E-state index contributed by atoms with van der Waals surface area (Å²) >= 11 is 0. The Morgan fingerprint density at radius 1 is 1.23 bits per heavy atom. The van der Waals surface area contributed by atoms with Crippen molar-refractivity contribution in [3.05, 3.63) is 75.1 Å². The molecule has 0 aliphatic heterocycles. The second kappa shape index (κ2) is 8.44. The molecule has 2 aromatic heterocycles. The quantitative estimate of drug-likeness (QED) is 0.473. The van der Waals surface area contributed by atoms with Gasteiger partial charge in [0.15, 0.2) is 0 Å². The van der Waals surface area contributed by atoms with E-state index in [1.54, 1.807) is 17.6 Å². The van der Waals surface area contributed by atoms with Gasteiger partial charge in [-0.1, -0.05) is 24.3 Å². The summed E-state index contributed by atoms with van der Waals surface area (Å²) in [5.41, 5.74) is 7.31. The van der Waals surface area contributed by atoms with Crippen LogP contribution >= 0.6 is 0 Å². The van der Waals surface area contributed by atoms with Crippen LogP contribution in [0, 0.1) is 0 Å². The van der Waals surface area contributed by atoms with Crippen LogP contribution in [0.5, 0.6) is 0 Å². The van der Waals surface area contributed by atoms with Crippen molar-refractivity contribution in [2.75, 3.05) is 12.3 Å². The first kappa shape index (κ1) is 21.2. The lowest BCUT2D eigenvalue weighted by Crippen LogP contribution is -2.41. The molecule has 0 spiro atoms. The molecule has 0 radical (unpaired) electrons. The molecule has 0 saturated carbocycles. The number of esters is 1. The number of carbonyl (C=O) groups is 1. The highest BCUT2D eigenvalue weighted by atomic mass is 16.5. The van der Waals surface area contributed by atoms with E-state index in [1.807, 2.05) is 30.5 Å². The van der Waals surface area contributed by atoms with Crippen LogP contribution in [0.15, 0.2) is 52.7 Å². The molecule has 158 valence electrons. The lowest BCUT2D eigenvalue weighted by Gasteiger charge is -2.19. The van der Waals surface area contributed by atoms with E-state index in [0.717, 1.165) is 21.0 Å². The maximum Gasteiger partial charge on any atom is 0.332 e. The number of carbonyl (C=O) groups excluding carboxylic acids is 1. The number of nitrogen functional groups attached to an aromatic ring is 1. The number of hydrogen-bond acceptors (Lipinski definition) is 5. The largest absolute Gasteiger partial charge is 0.465 e. The predicted octanol–water partition coefficient (Wildman–Crippen LogP) is 1.89. The molecule has 1 unspecified atom stereocenters. The Kier molecular flexibility index (Phi) is 5.96. The summed E-state index contributed by atoms with van der Waals surface area (Å²) in [4.78, 5) is 37.4. The van der Waals surface area contributed by atoms with E-state index in [1.165, 1.54) is 18.7 Å². The molecule has 0 bridgehead atoms. The molecule has 0 fully saturated rings. The second-order valence-corrected chi connectivity index (χ2v) is 7.12. The summed E-state index contributed by atoms with van der Waals surface area (Å²) in [6, 6.07) is 7.62. The average molecular weight is 410 g/mol. The summed E-state index contributed by atoms with van der Waals surface area (Å²) in [5.74, 6) is -0.652. The van der Waals surface area contributed by atoms with E-state index in [2.05, 4.69) is 6.58 Å². The SMILES string of the molecule is C=CCC(c1c(N)n(C)c(=O)n(C)c1=O)c1cn(CC(=O)OCC)c2ccccc12. The van der Waals surface area contributed by atoms with Gasteiger partial charge in [-0.15, -0.1) is 6.58 Å². The number of ether oxygens (including phenoxy) is 1. The number of fused-ring (bicyclic) bond motifs is 1. The van der Waals surface area contributed by atoms with Gasteiger partial charge in [0.1, 0.15) is 12.4 Å². The summed E-state index contributed by atoms with van der Waals surface area (Å²) in [6.07, 6.45) is 4.00. The summed E-state index contributed by atoms with van der Waals surface area (Å²) in [5, 5.41) is 0.893. The minimum Gasteiger partial charge on any atom is -0.465 e. The van der Waals surface area contributed by atoms with Gasteiger partial charge in [-0.05, 0) is 25.0 Å². The fourth-order valence-electron chi connectivity index (χ4n) is 3.81. The van der Waals surface area contributed by atoms with Crippen molar-refractivity contribution in [2.45, 2.75) is 25.8 Å². The van der Waals surface area contributed by atoms with Gasteiger partial charge in [-0.3, -0.25) is 18.7 Å². The predicted molar refractivity (Wildman–Crippen MR) is 117 cm³/mol. The van der Waals surface area contributed by atoms with Gasteiger partial charge in [0.05, 0.1) is 12.2 Å². The summed E-state index contributed by atoms with van der Waals surface area (Å²) in [6.45, 7) is 5.94. The maximum atomic E-state index is 13.0. The third-order valence-electron chi connectivity index (χ3n) is 5.30. The van der Waals surface area contributed by atoms with Crippen LogP contribution in [-0.2, 0) is 30.2 Å². The number of aromatic nitrogens is 3. The van der Waals surface area contributed by atoms with Crippen molar-refractivity contribution in [1.82, 2.24) is 13.7 Å². The molecule has 3 rings (SSSR count). The molecule has 8 heteroatoms. The molecule has 30 heavy (non-hydrogen) atoms. The van der Waals surface area contributed by atoms with Gasteiger partial charge in [-0.25, -0.2) is 4.79 Å². The topological polar surface area (TPSA) is 101 Å². The number of benzene rings is 1. The Hall–Kier alpha value is -3.55. The molecule has 1 aromatic carbocycles. The Balaban J connectivity index is 2.27. The van der Waals surface area contributed by atoms with Crippen LogP contribution in [0.4, 0.5) is 5.82 Å². The highest BCUT2D eigenvalue weighted by Crippen LogP contribution is 2.35. The number of allylic oxidation sites excluding steroid dienone is 1. The van der Waals surface area contributed by atoms with Crippen molar-refractivity contribution in [3.63, 3.8) is 0 Å². The summed E-state index contributed by atoms with van der Waals surface area (Å²) in [7, 11) is 2.97. The van der Waals surface area contributed by atoms with Crippen molar-refractivity contribution in [1.29, 1.82) is 0 Å². The first-order chi connectivity index (χ1) is 14.3. The average Bonchev–Trinajstić information content (AvgIpc) is 3.08.